The van der Waals surface area contributed by atoms with Crippen molar-refractivity contribution in [3.8, 4) is 5.75 Å². The maximum atomic E-state index is 14.0. The molecule has 4 rings (SSSR count). The van der Waals surface area contributed by atoms with E-state index in [1.54, 1.807) is 27.7 Å². The lowest BCUT2D eigenvalue weighted by Gasteiger charge is -2.47. The van der Waals surface area contributed by atoms with Crippen LogP contribution in [0.2, 0.25) is 0 Å². The van der Waals surface area contributed by atoms with Gasteiger partial charge in [-0.05, 0) is 115 Å². The number of rotatable bonds is 8. The van der Waals surface area contributed by atoms with Crippen molar-refractivity contribution in [1.29, 1.82) is 0 Å². The average Bonchev–Trinajstić information content (AvgIpc) is 3.14. The molecule has 16 heteroatoms. The second kappa shape index (κ2) is 18.4. The first kappa shape index (κ1) is 45.9. The van der Waals surface area contributed by atoms with Crippen LogP contribution in [0.3, 0.4) is 0 Å². The number of hydrogen-bond acceptors (Lipinski definition) is 12. The van der Waals surface area contributed by atoms with Gasteiger partial charge in [-0.25, -0.2) is 17.2 Å². The first-order valence-electron chi connectivity index (χ1n) is 19.2. The predicted octanol–water partition coefficient (Wildman–Crippen LogP) is 3.76. The van der Waals surface area contributed by atoms with E-state index in [1.165, 1.54) is 52.1 Å². The monoisotopic (exact) mass is 814 g/mol. The number of likely N-dealkylation sites (N-methyl/N-ethyl adjacent to an activating group) is 1. The molecule has 0 bridgehead atoms. The average molecular weight is 815 g/mol. The highest BCUT2D eigenvalue weighted by atomic mass is 32.2. The Morgan fingerprint density at radius 1 is 0.964 bits per heavy atom. The topological polar surface area (TPSA) is 184 Å². The van der Waals surface area contributed by atoms with Gasteiger partial charge in [-0.3, -0.25) is 4.79 Å². The fourth-order valence-corrected chi connectivity index (χ4v) is 9.32. The molecule has 0 radical (unpaired) electrons. The van der Waals surface area contributed by atoms with E-state index in [9.17, 15) is 42.4 Å². The zero-order valence-corrected chi connectivity index (χ0v) is 34.4. The number of esters is 1. The number of hydrogen-bond donors (Lipinski definition) is 5. The normalized spacial score (nSPS) is 38.3. The zero-order chi connectivity index (χ0) is 41.9. The highest BCUT2D eigenvalue weighted by Crippen LogP contribution is 2.38. The Balaban J connectivity index is 1.78. The zero-order valence-electron chi connectivity index (χ0n) is 33.6. The van der Waals surface area contributed by atoms with Gasteiger partial charge in [0.1, 0.15) is 35.2 Å². The molecule has 0 aromatic heterocycles. The van der Waals surface area contributed by atoms with Crippen molar-refractivity contribution in [1.82, 2.24) is 9.62 Å². The summed E-state index contributed by atoms with van der Waals surface area (Å²) >= 11 is 0. The van der Waals surface area contributed by atoms with E-state index in [0.29, 0.717) is 0 Å². The molecule has 2 fully saturated rings. The lowest BCUT2D eigenvalue weighted by Crippen LogP contribution is -2.61. The minimum absolute atomic E-state index is 0.0748. The van der Waals surface area contributed by atoms with Gasteiger partial charge < -0.3 is 44.7 Å². The summed E-state index contributed by atoms with van der Waals surface area (Å²) in [4.78, 5) is 13.4. The number of sulfonamides is 1. The van der Waals surface area contributed by atoms with Gasteiger partial charge in [0.25, 0.3) is 0 Å². The van der Waals surface area contributed by atoms with Gasteiger partial charge in [0.15, 0.2) is 12.4 Å². The fourth-order valence-electron chi connectivity index (χ4n) is 7.95. The molecular formula is C40H60F2N2O11S. The van der Waals surface area contributed by atoms with E-state index >= 15 is 0 Å². The molecule has 56 heavy (non-hydrogen) atoms. The van der Waals surface area contributed by atoms with Crippen LogP contribution in [0.15, 0.2) is 53.4 Å². The van der Waals surface area contributed by atoms with E-state index in [4.69, 9.17) is 18.9 Å². The molecule has 2 aliphatic heterocycles. The maximum Gasteiger partial charge on any atom is 0.311 e. The van der Waals surface area contributed by atoms with E-state index in [0.717, 1.165) is 28.6 Å². The Kier molecular flexibility index (Phi) is 15.1. The third kappa shape index (κ3) is 10.4. The highest BCUT2D eigenvalue weighted by molar-refractivity contribution is 7.89. The standard InChI is InChI=1S/C40H60F2N2O11S/c1-10-32-40(8,49)35(46)26(6)43-21-22(2)20-39(7,48)36(24(4)33(45)25(5)37(47)54-32)55-38-34(53-29-15-11-27(41)12-16-29)31(19-23(3)52-38)44(9)56(50,51)30-17-13-28(42)14-18-30/h11-18,22-26,31-36,38,43,45-46,48-49H,10,19-21H2,1-9H3/t22-,23-,24+,25-,26-,31+,32-,33+,34-,35-,36-,38+,39-,40-/m1/s1. The van der Waals surface area contributed by atoms with E-state index < -0.39 is 106 Å². The van der Waals surface area contributed by atoms with E-state index in [2.05, 4.69) is 5.32 Å². The van der Waals surface area contributed by atoms with Crippen molar-refractivity contribution in [2.45, 2.75) is 146 Å². The van der Waals surface area contributed by atoms with Crippen LogP contribution < -0.4 is 10.1 Å². The number of carbonyl (C=O) groups is 1. The van der Waals surface area contributed by atoms with Gasteiger partial charge in [0.2, 0.25) is 10.0 Å². The molecule has 2 saturated heterocycles. The maximum absolute atomic E-state index is 14.0. The fraction of sp³-hybridized carbons (Fsp3) is 0.675. The Bertz CT molecular complexity index is 1700. The molecule has 2 heterocycles. The van der Waals surface area contributed by atoms with Gasteiger partial charge in [0.05, 0.1) is 40.8 Å². The van der Waals surface area contributed by atoms with Crippen LogP contribution in [0, 0.1) is 29.4 Å². The Hall–Kier alpha value is -2.80. The van der Waals surface area contributed by atoms with Crippen molar-refractivity contribution < 1.29 is 61.4 Å². The summed E-state index contributed by atoms with van der Waals surface area (Å²) in [5.41, 5.74) is -3.59. The second-order valence-corrected chi connectivity index (χ2v) is 18.2. The molecule has 0 saturated carbocycles. The van der Waals surface area contributed by atoms with Crippen LogP contribution in [-0.2, 0) is 29.0 Å². The molecule has 2 aromatic carbocycles. The van der Waals surface area contributed by atoms with Gasteiger partial charge in [-0.1, -0.05) is 20.8 Å². The second-order valence-electron chi connectivity index (χ2n) is 16.2. The van der Waals surface area contributed by atoms with Crippen LogP contribution >= 0.6 is 0 Å². The van der Waals surface area contributed by atoms with Crippen molar-refractivity contribution in [3.05, 3.63) is 60.2 Å². The number of halogens is 2. The van der Waals surface area contributed by atoms with Crippen LogP contribution in [-0.4, -0.2) is 119 Å². The first-order valence-corrected chi connectivity index (χ1v) is 20.7. The number of aliphatic hydroxyl groups is 4. The van der Waals surface area contributed by atoms with Crippen LogP contribution in [0.4, 0.5) is 8.78 Å². The van der Waals surface area contributed by atoms with Crippen LogP contribution in [0.5, 0.6) is 5.75 Å². The Labute approximate surface area is 329 Å². The first-order chi connectivity index (χ1) is 26.0. The number of aliphatic hydroxyl groups excluding tert-OH is 2. The van der Waals surface area contributed by atoms with Gasteiger partial charge in [-0.15, -0.1) is 0 Å². The van der Waals surface area contributed by atoms with Crippen molar-refractivity contribution in [3.63, 3.8) is 0 Å². The van der Waals surface area contributed by atoms with E-state index in [1.807, 2.05) is 6.92 Å². The summed E-state index contributed by atoms with van der Waals surface area (Å²) in [5, 5.41) is 49.9. The predicted molar refractivity (Wildman–Crippen MR) is 203 cm³/mol. The molecule has 0 aliphatic carbocycles. The number of benzene rings is 2. The molecule has 2 aromatic rings. The third-order valence-corrected chi connectivity index (χ3v) is 13.2. The third-order valence-electron chi connectivity index (χ3n) is 11.3. The van der Waals surface area contributed by atoms with Gasteiger partial charge >= 0.3 is 5.97 Å². The smallest absolute Gasteiger partial charge is 0.311 e. The molecule has 13 nitrogen and oxygen atoms in total. The number of nitrogens with one attached hydrogen (secondary N) is 1. The lowest BCUT2D eigenvalue weighted by atomic mass is 9.78. The molecule has 0 unspecified atom stereocenters. The largest absolute Gasteiger partial charge is 0.483 e. The number of carbonyl (C=O) groups excluding carboxylic acids is 1. The lowest BCUT2D eigenvalue weighted by molar-refractivity contribution is -0.293. The minimum Gasteiger partial charge on any atom is -0.483 e. The molecule has 0 spiro atoms. The van der Waals surface area contributed by atoms with E-state index in [-0.39, 0.29) is 42.4 Å². The summed E-state index contributed by atoms with van der Waals surface area (Å²) in [7, 11) is -2.90. The molecular weight excluding hydrogens is 755 g/mol. The number of nitrogens with zero attached hydrogens (tertiary/aromatic N) is 1. The van der Waals surface area contributed by atoms with Crippen molar-refractivity contribution in [2.75, 3.05) is 13.6 Å². The molecule has 0 amide bonds. The summed E-state index contributed by atoms with van der Waals surface area (Å²) in [6.45, 7) is 13.2. The summed E-state index contributed by atoms with van der Waals surface area (Å²) in [5.74, 6) is -4.32. The molecule has 316 valence electrons. The molecule has 2 aliphatic rings. The van der Waals surface area contributed by atoms with Gasteiger partial charge in [-0.2, -0.15) is 4.31 Å². The molecule has 14 atom stereocenters. The summed E-state index contributed by atoms with van der Waals surface area (Å²) in [6.07, 6.45) is -8.19. The minimum atomic E-state index is -4.26. The van der Waals surface area contributed by atoms with Crippen molar-refractivity contribution in [2.24, 2.45) is 17.8 Å². The summed E-state index contributed by atoms with van der Waals surface area (Å²) < 4.78 is 81.9. The Morgan fingerprint density at radius 3 is 2.11 bits per heavy atom. The van der Waals surface area contributed by atoms with Crippen LogP contribution in [0.1, 0.15) is 74.7 Å². The quantitative estimate of drug-likeness (QED) is 0.244. The van der Waals surface area contributed by atoms with Crippen molar-refractivity contribution >= 4 is 16.0 Å². The highest BCUT2D eigenvalue weighted by Gasteiger charge is 2.51. The van der Waals surface area contributed by atoms with Gasteiger partial charge in [0, 0.05) is 19.0 Å². The SMILES string of the molecule is CC[C@H]1OC(=O)[C@H](C)[C@@H](O)[C@H](C)[C@@H](O[C@@H]2O[C@H](C)C[C@H](N(C)S(=O)(=O)c3ccc(F)cc3)[C@H]2Oc2ccc(F)cc2)[C@](C)(O)C[C@@H](C)CN[C@H](C)[C@@H](O)[C@]1(C)O. The molecule has 5 N–H and O–H groups in total. The number of cyclic esters (lactones) is 1. The van der Waals surface area contributed by atoms with Crippen LogP contribution in [0.25, 0.3) is 0 Å². The number of ether oxygens (including phenoxy) is 4. The summed E-state index contributed by atoms with van der Waals surface area (Å²) in [6, 6.07) is 7.81. The Morgan fingerprint density at radius 2 is 1.54 bits per heavy atom.